The topological polar surface area (TPSA) is 64.1 Å². The zero-order chi connectivity index (χ0) is 14.8. The Morgan fingerprint density at radius 2 is 1.52 bits per heavy atom. The van der Waals surface area contributed by atoms with Crippen molar-refractivity contribution in [1.29, 1.82) is 0 Å². The molecule has 1 aliphatic carbocycles. The van der Waals surface area contributed by atoms with E-state index in [9.17, 15) is 14.7 Å². The molecule has 2 amide bonds. The Bertz CT molecular complexity index is 401. The van der Waals surface area contributed by atoms with E-state index >= 15 is 0 Å². The Labute approximate surface area is 125 Å². The van der Waals surface area contributed by atoms with Crippen LogP contribution in [0, 0.1) is 0 Å². The summed E-state index contributed by atoms with van der Waals surface area (Å²) in [7, 11) is 0. The molecule has 118 valence electrons. The second-order valence-corrected chi connectivity index (χ2v) is 6.43. The predicted molar refractivity (Wildman–Crippen MR) is 78.2 cm³/mol. The average Bonchev–Trinajstić information content (AvgIpc) is 3.18. The number of carbonyl (C=O) groups excluding carboxylic acids is 1. The summed E-state index contributed by atoms with van der Waals surface area (Å²) in [6, 6.07) is 0.0112. The third-order valence-electron chi connectivity index (χ3n) is 5.21. The maximum Gasteiger partial charge on any atom is 0.326 e. The van der Waals surface area contributed by atoms with Crippen molar-refractivity contribution in [2.24, 2.45) is 0 Å². The van der Waals surface area contributed by atoms with E-state index in [0.717, 1.165) is 32.6 Å². The smallest absolute Gasteiger partial charge is 0.326 e. The summed E-state index contributed by atoms with van der Waals surface area (Å²) >= 11 is 0. The van der Waals surface area contributed by atoms with Gasteiger partial charge >= 0.3 is 12.0 Å². The second kappa shape index (κ2) is 6.22. The first-order valence-corrected chi connectivity index (χ1v) is 8.19. The molecule has 6 nitrogen and oxygen atoms in total. The van der Waals surface area contributed by atoms with Crippen LogP contribution in [0.1, 0.15) is 38.5 Å². The molecule has 3 fully saturated rings. The molecule has 0 spiro atoms. The van der Waals surface area contributed by atoms with Crippen LogP contribution in [0.4, 0.5) is 4.79 Å². The Morgan fingerprint density at radius 1 is 0.857 bits per heavy atom. The zero-order valence-electron chi connectivity index (χ0n) is 12.5. The standard InChI is InChI=1S/C15H25N3O3/c19-14(20)13-6-3-7-18(13)15(21)17-10-8-16(9-11-17)12-4-1-2-5-12/h12-13H,1-11H2,(H,19,20)/t13-/m0/s1. The van der Waals surface area contributed by atoms with E-state index in [1.165, 1.54) is 25.7 Å². The van der Waals surface area contributed by atoms with E-state index in [2.05, 4.69) is 4.90 Å². The number of hydrogen-bond acceptors (Lipinski definition) is 3. The van der Waals surface area contributed by atoms with Gasteiger partial charge in [0.15, 0.2) is 0 Å². The molecule has 2 heterocycles. The fourth-order valence-electron chi connectivity index (χ4n) is 3.98. The van der Waals surface area contributed by atoms with E-state index in [0.29, 0.717) is 19.0 Å². The quantitative estimate of drug-likeness (QED) is 0.832. The molecule has 0 aromatic heterocycles. The van der Waals surface area contributed by atoms with Crippen molar-refractivity contribution in [1.82, 2.24) is 14.7 Å². The average molecular weight is 295 g/mol. The summed E-state index contributed by atoms with van der Waals surface area (Å²) in [6.45, 7) is 3.92. The first kappa shape index (κ1) is 14.6. The van der Waals surface area contributed by atoms with Gasteiger partial charge in [-0.05, 0) is 25.7 Å². The summed E-state index contributed by atoms with van der Waals surface area (Å²) in [5, 5.41) is 9.20. The fraction of sp³-hybridized carbons (Fsp3) is 0.867. The minimum Gasteiger partial charge on any atom is -0.480 e. The van der Waals surface area contributed by atoms with Crippen molar-refractivity contribution in [2.45, 2.75) is 50.6 Å². The lowest BCUT2D eigenvalue weighted by molar-refractivity contribution is -0.141. The molecule has 0 unspecified atom stereocenters. The van der Waals surface area contributed by atoms with Crippen LogP contribution >= 0.6 is 0 Å². The number of carboxylic acids is 1. The Hall–Kier alpha value is -1.30. The number of likely N-dealkylation sites (tertiary alicyclic amines) is 1. The molecule has 1 atom stereocenters. The summed E-state index contributed by atoms with van der Waals surface area (Å²) in [4.78, 5) is 29.6. The summed E-state index contributed by atoms with van der Waals surface area (Å²) in [5.41, 5.74) is 0. The molecule has 1 N–H and O–H groups in total. The lowest BCUT2D eigenvalue weighted by Crippen LogP contribution is -2.56. The number of aliphatic carboxylic acids is 1. The minimum atomic E-state index is -0.870. The molecular formula is C15H25N3O3. The molecule has 3 rings (SSSR count). The number of piperazine rings is 1. The van der Waals surface area contributed by atoms with Crippen LogP contribution in [0.25, 0.3) is 0 Å². The second-order valence-electron chi connectivity index (χ2n) is 6.43. The number of amides is 2. The molecule has 0 radical (unpaired) electrons. The van der Waals surface area contributed by atoms with Crippen molar-refractivity contribution in [3.63, 3.8) is 0 Å². The zero-order valence-corrected chi connectivity index (χ0v) is 12.5. The molecule has 0 bridgehead atoms. The van der Waals surface area contributed by atoms with Crippen LogP contribution in [0.2, 0.25) is 0 Å². The van der Waals surface area contributed by atoms with Gasteiger partial charge in [-0.1, -0.05) is 12.8 Å². The first-order chi connectivity index (χ1) is 10.2. The number of carbonyl (C=O) groups is 2. The van der Waals surface area contributed by atoms with Gasteiger partial charge in [-0.25, -0.2) is 9.59 Å². The summed E-state index contributed by atoms with van der Waals surface area (Å²) < 4.78 is 0. The van der Waals surface area contributed by atoms with Crippen LogP contribution in [0.15, 0.2) is 0 Å². The van der Waals surface area contributed by atoms with Crippen molar-refractivity contribution in [2.75, 3.05) is 32.7 Å². The van der Waals surface area contributed by atoms with Gasteiger partial charge in [0.25, 0.3) is 0 Å². The molecule has 2 aliphatic heterocycles. The summed E-state index contributed by atoms with van der Waals surface area (Å²) in [6.07, 6.45) is 6.63. The van der Waals surface area contributed by atoms with Gasteiger partial charge in [-0.3, -0.25) is 4.90 Å². The highest BCUT2D eigenvalue weighted by atomic mass is 16.4. The predicted octanol–water partition coefficient (Wildman–Crippen LogP) is 1.22. The molecular weight excluding hydrogens is 270 g/mol. The van der Waals surface area contributed by atoms with Gasteiger partial charge in [0.2, 0.25) is 0 Å². The number of urea groups is 1. The van der Waals surface area contributed by atoms with Crippen LogP contribution < -0.4 is 0 Å². The molecule has 6 heteroatoms. The Morgan fingerprint density at radius 3 is 2.14 bits per heavy atom. The highest BCUT2D eigenvalue weighted by molar-refractivity contribution is 5.83. The number of carboxylic acid groups (broad SMARTS) is 1. The SMILES string of the molecule is O=C(O)[C@@H]1CCCN1C(=O)N1CCN(C2CCCC2)CC1. The normalized spacial score (nSPS) is 28.3. The van der Waals surface area contributed by atoms with E-state index in [1.54, 1.807) is 4.90 Å². The molecule has 1 saturated carbocycles. The first-order valence-electron chi connectivity index (χ1n) is 8.19. The van der Waals surface area contributed by atoms with Gasteiger partial charge in [0.1, 0.15) is 6.04 Å². The fourth-order valence-corrected chi connectivity index (χ4v) is 3.98. The Balaban J connectivity index is 1.54. The third-order valence-corrected chi connectivity index (χ3v) is 5.21. The largest absolute Gasteiger partial charge is 0.480 e. The highest BCUT2D eigenvalue weighted by Gasteiger charge is 2.37. The van der Waals surface area contributed by atoms with Crippen molar-refractivity contribution in [3.05, 3.63) is 0 Å². The molecule has 3 aliphatic rings. The number of nitrogens with zero attached hydrogens (tertiary/aromatic N) is 3. The lowest BCUT2D eigenvalue weighted by Gasteiger charge is -2.39. The van der Waals surface area contributed by atoms with Gasteiger partial charge in [0, 0.05) is 38.8 Å². The van der Waals surface area contributed by atoms with Gasteiger partial charge in [-0.2, -0.15) is 0 Å². The molecule has 2 saturated heterocycles. The van der Waals surface area contributed by atoms with Crippen molar-refractivity contribution < 1.29 is 14.7 Å². The molecule has 21 heavy (non-hydrogen) atoms. The Kier molecular flexibility index (Phi) is 4.33. The number of hydrogen-bond donors (Lipinski definition) is 1. The maximum absolute atomic E-state index is 12.5. The molecule has 0 aromatic carbocycles. The molecule has 0 aromatic rings. The highest BCUT2D eigenvalue weighted by Crippen LogP contribution is 2.25. The van der Waals surface area contributed by atoms with E-state index in [-0.39, 0.29) is 6.03 Å². The maximum atomic E-state index is 12.5. The lowest BCUT2D eigenvalue weighted by atomic mass is 10.2. The van der Waals surface area contributed by atoms with Gasteiger partial charge < -0.3 is 14.9 Å². The monoisotopic (exact) mass is 295 g/mol. The van der Waals surface area contributed by atoms with Crippen molar-refractivity contribution >= 4 is 12.0 Å². The van der Waals surface area contributed by atoms with Crippen LogP contribution in [-0.2, 0) is 4.79 Å². The van der Waals surface area contributed by atoms with E-state index in [1.807, 2.05) is 4.90 Å². The van der Waals surface area contributed by atoms with Gasteiger partial charge in [0.05, 0.1) is 0 Å². The van der Waals surface area contributed by atoms with Crippen LogP contribution in [0.3, 0.4) is 0 Å². The summed E-state index contributed by atoms with van der Waals surface area (Å²) in [5.74, 6) is -0.870. The number of rotatable bonds is 2. The van der Waals surface area contributed by atoms with Crippen LogP contribution in [0.5, 0.6) is 0 Å². The van der Waals surface area contributed by atoms with E-state index in [4.69, 9.17) is 0 Å². The van der Waals surface area contributed by atoms with Gasteiger partial charge in [-0.15, -0.1) is 0 Å². The minimum absolute atomic E-state index is 0.0778. The van der Waals surface area contributed by atoms with Crippen LogP contribution in [-0.4, -0.2) is 76.6 Å². The van der Waals surface area contributed by atoms with Crippen molar-refractivity contribution in [3.8, 4) is 0 Å². The van der Waals surface area contributed by atoms with E-state index < -0.39 is 12.0 Å². The third kappa shape index (κ3) is 3.00.